The van der Waals surface area contributed by atoms with E-state index in [4.69, 9.17) is 10.7 Å². The van der Waals surface area contributed by atoms with E-state index < -0.39 is 0 Å². The minimum atomic E-state index is 0.136. The van der Waals surface area contributed by atoms with Crippen LogP contribution in [0, 0.1) is 5.92 Å². The molecule has 0 radical (unpaired) electrons. The van der Waals surface area contributed by atoms with Gasteiger partial charge in [-0.2, -0.15) is 0 Å². The van der Waals surface area contributed by atoms with Gasteiger partial charge in [0, 0.05) is 36.1 Å². The van der Waals surface area contributed by atoms with Crippen LogP contribution < -0.4 is 5.73 Å². The van der Waals surface area contributed by atoms with Crippen LogP contribution >= 0.6 is 0 Å². The molecule has 126 valence electrons. The fraction of sp³-hybridized carbons (Fsp3) is 0.500. The van der Waals surface area contributed by atoms with Gasteiger partial charge in [-0.05, 0) is 50.7 Å². The summed E-state index contributed by atoms with van der Waals surface area (Å²) in [6.07, 6.45) is 4.53. The van der Waals surface area contributed by atoms with Gasteiger partial charge in [-0.3, -0.25) is 9.78 Å². The van der Waals surface area contributed by atoms with Gasteiger partial charge in [0.25, 0.3) is 5.91 Å². The standard InChI is InChI=1S/C20H25N3O/c1-13(21)15-5-4-10-23(12-15)20(24)17-11-19(14-8-9-14)22-18-7-3-2-6-16(17)18/h2-3,6-7,11,13-15H,4-5,8-10,12,21H2,1H3. The number of aromatic nitrogens is 1. The Kier molecular flexibility index (Phi) is 4.01. The molecule has 2 unspecified atom stereocenters. The highest BCUT2D eigenvalue weighted by Gasteiger charge is 2.30. The second-order valence-electron chi connectivity index (χ2n) is 7.40. The predicted molar refractivity (Wildman–Crippen MR) is 96.0 cm³/mol. The number of pyridine rings is 1. The van der Waals surface area contributed by atoms with Crippen molar-refractivity contribution < 1.29 is 4.79 Å². The number of benzene rings is 1. The van der Waals surface area contributed by atoms with Crippen LogP contribution in [0.5, 0.6) is 0 Å². The molecular weight excluding hydrogens is 298 g/mol. The second kappa shape index (κ2) is 6.17. The highest BCUT2D eigenvalue weighted by molar-refractivity contribution is 6.06. The summed E-state index contributed by atoms with van der Waals surface area (Å²) in [5.41, 5.74) is 8.91. The molecule has 2 fully saturated rings. The van der Waals surface area contributed by atoms with Gasteiger partial charge in [-0.1, -0.05) is 18.2 Å². The number of carbonyl (C=O) groups excluding carboxylic acids is 1. The topological polar surface area (TPSA) is 59.2 Å². The smallest absolute Gasteiger partial charge is 0.254 e. The molecule has 0 bridgehead atoms. The van der Waals surface area contributed by atoms with Crippen molar-refractivity contribution in [3.8, 4) is 0 Å². The Balaban J connectivity index is 1.70. The molecular formula is C20H25N3O. The van der Waals surface area contributed by atoms with Crippen molar-refractivity contribution in [2.24, 2.45) is 11.7 Å². The first kappa shape index (κ1) is 15.6. The quantitative estimate of drug-likeness (QED) is 0.942. The van der Waals surface area contributed by atoms with Crippen molar-refractivity contribution in [3.05, 3.63) is 41.6 Å². The predicted octanol–water partition coefficient (Wildman–Crippen LogP) is 3.31. The monoisotopic (exact) mass is 323 g/mol. The number of nitrogens with two attached hydrogens (primary N) is 1. The number of nitrogens with zero attached hydrogens (tertiary/aromatic N) is 2. The van der Waals surface area contributed by atoms with Crippen LogP contribution in [-0.2, 0) is 0 Å². The Morgan fingerprint density at radius 1 is 1.29 bits per heavy atom. The van der Waals surface area contributed by atoms with Gasteiger partial charge in [0.2, 0.25) is 0 Å². The zero-order valence-electron chi connectivity index (χ0n) is 14.2. The Labute approximate surface area is 143 Å². The average Bonchev–Trinajstić information content (AvgIpc) is 3.45. The van der Waals surface area contributed by atoms with Crippen LogP contribution in [0.1, 0.15) is 54.6 Å². The first-order valence-electron chi connectivity index (χ1n) is 9.08. The van der Waals surface area contributed by atoms with Gasteiger partial charge in [0.1, 0.15) is 0 Å². The summed E-state index contributed by atoms with van der Waals surface area (Å²) < 4.78 is 0. The van der Waals surface area contributed by atoms with E-state index in [1.165, 1.54) is 12.8 Å². The molecule has 1 amide bonds. The third kappa shape index (κ3) is 2.91. The number of carbonyl (C=O) groups is 1. The minimum absolute atomic E-state index is 0.136. The highest BCUT2D eigenvalue weighted by atomic mass is 16.2. The van der Waals surface area contributed by atoms with Crippen molar-refractivity contribution in [1.29, 1.82) is 0 Å². The van der Waals surface area contributed by atoms with E-state index in [1.54, 1.807) is 0 Å². The summed E-state index contributed by atoms with van der Waals surface area (Å²) >= 11 is 0. The highest BCUT2D eigenvalue weighted by Crippen LogP contribution is 2.40. The van der Waals surface area contributed by atoms with Gasteiger partial charge in [0.05, 0.1) is 11.1 Å². The molecule has 4 nitrogen and oxygen atoms in total. The number of rotatable bonds is 3. The van der Waals surface area contributed by atoms with Crippen molar-refractivity contribution in [1.82, 2.24) is 9.88 Å². The van der Waals surface area contributed by atoms with E-state index in [9.17, 15) is 4.79 Å². The molecule has 2 aromatic rings. The van der Waals surface area contributed by atoms with Gasteiger partial charge in [-0.25, -0.2) is 0 Å². The summed E-state index contributed by atoms with van der Waals surface area (Å²) in [5, 5.41) is 0.967. The minimum Gasteiger partial charge on any atom is -0.338 e. The maximum absolute atomic E-state index is 13.2. The number of para-hydroxylation sites is 1. The summed E-state index contributed by atoms with van der Waals surface area (Å²) in [6, 6.07) is 10.2. The molecule has 2 atom stereocenters. The molecule has 2 heterocycles. The molecule has 4 heteroatoms. The maximum atomic E-state index is 13.2. The van der Waals surface area contributed by atoms with Crippen LogP contribution in [0.2, 0.25) is 0 Å². The third-order valence-electron chi connectivity index (χ3n) is 5.45. The van der Waals surface area contributed by atoms with Gasteiger partial charge in [-0.15, -0.1) is 0 Å². The number of piperidine rings is 1. The Morgan fingerprint density at radius 2 is 2.08 bits per heavy atom. The van der Waals surface area contributed by atoms with E-state index in [2.05, 4.69) is 0 Å². The fourth-order valence-electron chi connectivity index (χ4n) is 3.76. The molecule has 1 aliphatic carbocycles. The number of hydrogen-bond acceptors (Lipinski definition) is 3. The molecule has 1 saturated heterocycles. The Hall–Kier alpha value is -1.94. The number of amides is 1. The fourth-order valence-corrected chi connectivity index (χ4v) is 3.76. The third-order valence-corrected chi connectivity index (χ3v) is 5.45. The van der Waals surface area contributed by atoms with Gasteiger partial charge in [0.15, 0.2) is 0 Å². The second-order valence-corrected chi connectivity index (χ2v) is 7.40. The molecule has 24 heavy (non-hydrogen) atoms. The summed E-state index contributed by atoms with van der Waals surface area (Å²) in [5.74, 6) is 1.08. The largest absolute Gasteiger partial charge is 0.338 e. The molecule has 1 aliphatic heterocycles. The van der Waals surface area contributed by atoms with Gasteiger partial charge >= 0.3 is 0 Å². The normalized spacial score (nSPS) is 22.6. The van der Waals surface area contributed by atoms with Crippen LogP contribution in [0.4, 0.5) is 0 Å². The lowest BCUT2D eigenvalue weighted by atomic mass is 9.91. The Morgan fingerprint density at radius 3 is 2.83 bits per heavy atom. The summed E-state index contributed by atoms with van der Waals surface area (Å²) in [7, 11) is 0. The molecule has 2 aliphatic rings. The lowest BCUT2D eigenvalue weighted by Gasteiger charge is -2.35. The Bertz CT molecular complexity index is 767. The zero-order valence-corrected chi connectivity index (χ0v) is 14.2. The van der Waals surface area contributed by atoms with E-state index >= 15 is 0 Å². The van der Waals surface area contributed by atoms with Crippen molar-refractivity contribution in [2.75, 3.05) is 13.1 Å². The molecule has 1 saturated carbocycles. The van der Waals surface area contributed by atoms with Crippen LogP contribution in [-0.4, -0.2) is 34.9 Å². The lowest BCUT2D eigenvalue weighted by molar-refractivity contribution is 0.0663. The zero-order chi connectivity index (χ0) is 16.7. The van der Waals surface area contributed by atoms with E-state index in [-0.39, 0.29) is 11.9 Å². The maximum Gasteiger partial charge on any atom is 0.254 e. The van der Waals surface area contributed by atoms with Crippen molar-refractivity contribution >= 4 is 16.8 Å². The molecule has 0 spiro atoms. The summed E-state index contributed by atoms with van der Waals surface area (Å²) in [6.45, 7) is 3.65. The first-order chi connectivity index (χ1) is 11.6. The SMILES string of the molecule is CC(N)C1CCCN(C(=O)c2cc(C3CC3)nc3ccccc23)C1. The number of likely N-dealkylation sites (tertiary alicyclic amines) is 1. The van der Waals surface area contributed by atoms with Crippen molar-refractivity contribution in [3.63, 3.8) is 0 Å². The molecule has 1 aromatic heterocycles. The van der Waals surface area contributed by atoms with Crippen LogP contribution in [0.15, 0.2) is 30.3 Å². The van der Waals surface area contributed by atoms with Crippen LogP contribution in [0.25, 0.3) is 10.9 Å². The number of fused-ring (bicyclic) bond motifs is 1. The molecule has 4 rings (SSSR count). The van der Waals surface area contributed by atoms with E-state index in [0.717, 1.165) is 48.1 Å². The van der Waals surface area contributed by atoms with Crippen molar-refractivity contribution in [2.45, 2.75) is 44.6 Å². The van der Waals surface area contributed by atoms with E-state index in [0.29, 0.717) is 11.8 Å². The molecule has 1 aromatic carbocycles. The lowest BCUT2D eigenvalue weighted by Crippen LogP contribution is -2.45. The van der Waals surface area contributed by atoms with E-state index in [1.807, 2.05) is 42.2 Å². The van der Waals surface area contributed by atoms with Crippen LogP contribution in [0.3, 0.4) is 0 Å². The average molecular weight is 323 g/mol. The number of hydrogen-bond donors (Lipinski definition) is 1. The molecule has 2 N–H and O–H groups in total. The first-order valence-corrected chi connectivity index (χ1v) is 9.08. The summed E-state index contributed by atoms with van der Waals surface area (Å²) in [4.78, 5) is 20.0. The van der Waals surface area contributed by atoms with Gasteiger partial charge < -0.3 is 10.6 Å².